The number of benzene rings is 1. The highest BCUT2D eigenvalue weighted by Gasteiger charge is 2.19. The van der Waals surface area contributed by atoms with Crippen molar-refractivity contribution in [1.29, 1.82) is 0 Å². The number of pyridine rings is 1. The van der Waals surface area contributed by atoms with Crippen molar-refractivity contribution in [2.75, 3.05) is 48.7 Å². The number of carbonyl (C=O) groups excluding carboxylic acids is 1. The van der Waals surface area contributed by atoms with Gasteiger partial charge in [0.15, 0.2) is 0 Å². The number of carbonyl (C=O) groups is 1. The lowest BCUT2D eigenvalue weighted by molar-refractivity contribution is -0.117. The smallest absolute Gasteiger partial charge is 0.238 e. The highest BCUT2D eigenvalue weighted by atomic mass is 16.2. The molecule has 1 fully saturated rings. The maximum Gasteiger partial charge on any atom is 0.238 e. The van der Waals surface area contributed by atoms with Gasteiger partial charge in [-0.25, -0.2) is 4.98 Å². The van der Waals surface area contributed by atoms with Gasteiger partial charge in [-0.05, 0) is 36.8 Å². The van der Waals surface area contributed by atoms with Crippen LogP contribution in [-0.2, 0) is 4.79 Å². The molecule has 1 saturated heterocycles. The Hall–Kier alpha value is -2.60. The molecule has 2 aromatic rings. The highest BCUT2D eigenvalue weighted by Crippen LogP contribution is 2.18. The Labute approximate surface area is 142 Å². The predicted octanol–water partition coefficient (Wildman–Crippen LogP) is 1.73. The van der Waals surface area contributed by atoms with Crippen molar-refractivity contribution in [3.63, 3.8) is 0 Å². The molecule has 1 amide bonds. The Balaban J connectivity index is 1.51. The lowest BCUT2D eigenvalue weighted by atomic mass is 10.2. The third-order valence-corrected chi connectivity index (χ3v) is 4.25. The number of nitrogens with two attached hydrogens (primary N) is 1. The van der Waals surface area contributed by atoms with E-state index in [0.29, 0.717) is 12.2 Å². The van der Waals surface area contributed by atoms with E-state index in [1.54, 1.807) is 6.07 Å². The van der Waals surface area contributed by atoms with Gasteiger partial charge < -0.3 is 16.0 Å². The molecule has 0 unspecified atom stereocenters. The van der Waals surface area contributed by atoms with Gasteiger partial charge in [-0.2, -0.15) is 0 Å². The Morgan fingerprint density at radius 3 is 2.71 bits per heavy atom. The third-order valence-electron chi connectivity index (χ3n) is 4.25. The summed E-state index contributed by atoms with van der Waals surface area (Å²) < 4.78 is 0. The molecule has 0 spiro atoms. The SMILES string of the molecule is Cc1ccc(N)cc1NC(=O)CN1CCN(c2ccccn2)CC1. The predicted molar refractivity (Wildman–Crippen MR) is 97.1 cm³/mol. The van der Waals surface area contributed by atoms with Crippen LogP contribution in [0.3, 0.4) is 0 Å². The van der Waals surface area contributed by atoms with Crippen molar-refractivity contribution in [2.45, 2.75) is 6.92 Å². The molecule has 3 N–H and O–H groups in total. The van der Waals surface area contributed by atoms with Crippen LogP contribution in [0.25, 0.3) is 0 Å². The topological polar surface area (TPSA) is 74.5 Å². The molecule has 0 atom stereocenters. The van der Waals surface area contributed by atoms with Gasteiger partial charge in [0.2, 0.25) is 5.91 Å². The molecular weight excluding hydrogens is 302 g/mol. The first-order valence-electron chi connectivity index (χ1n) is 8.16. The van der Waals surface area contributed by atoms with E-state index < -0.39 is 0 Å². The van der Waals surface area contributed by atoms with E-state index in [1.807, 2.05) is 43.5 Å². The summed E-state index contributed by atoms with van der Waals surface area (Å²) in [5.41, 5.74) is 8.23. The van der Waals surface area contributed by atoms with E-state index in [2.05, 4.69) is 20.1 Å². The van der Waals surface area contributed by atoms with Crippen molar-refractivity contribution >= 4 is 23.1 Å². The molecule has 0 radical (unpaired) electrons. The fraction of sp³-hybridized carbons (Fsp3) is 0.333. The van der Waals surface area contributed by atoms with Gasteiger partial charge in [-0.15, -0.1) is 0 Å². The zero-order chi connectivity index (χ0) is 16.9. The Morgan fingerprint density at radius 1 is 1.21 bits per heavy atom. The monoisotopic (exact) mass is 325 g/mol. The van der Waals surface area contributed by atoms with Crippen LogP contribution in [0.15, 0.2) is 42.6 Å². The summed E-state index contributed by atoms with van der Waals surface area (Å²) in [5, 5.41) is 2.95. The molecule has 1 aromatic carbocycles. The molecule has 1 aromatic heterocycles. The second-order valence-corrected chi connectivity index (χ2v) is 6.07. The second-order valence-electron chi connectivity index (χ2n) is 6.07. The lowest BCUT2D eigenvalue weighted by Gasteiger charge is -2.35. The van der Waals surface area contributed by atoms with Gasteiger partial charge in [0, 0.05) is 43.8 Å². The Morgan fingerprint density at radius 2 is 2.00 bits per heavy atom. The highest BCUT2D eigenvalue weighted by molar-refractivity contribution is 5.93. The van der Waals surface area contributed by atoms with Crippen molar-refractivity contribution in [3.8, 4) is 0 Å². The van der Waals surface area contributed by atoms with Crippen molar-refractivity contribution in [3.05, 3.63) is 48.2 Å². The van der Waals surface area contributed by atoms with E-state index >= 15 is 0 Å². The Kier molecular flexibility index (Phi) is 4.96. The summed E-state index contributed by atoms with van der Waals surface area (Å²) in [6.45, 7) is 5.80. The molecule has 3 rings (SSSR count). The summed E-state index contributed by atoms with van der Waals surface area (Å²) in [6.07, 6.45) is 1.81. The number of aryl methyl sites for hydroxylation is 1. The summed E-state index contributed by atoms with van der Waals surface area (Å²) in [4.78, 5) is 21.1. The van der Waals surface area contributed by atoms with E-state index in [1.165, 1.54) is 0 Å². The maximum absolute atomic E-state index is 12.3. The molecule has 0 saturated carbocycles. The second kappa shape index (κ2) is 7.31. The number of nitrogen functional groups attached to an aromatic ring is 1. The minimum absolute atomic E-state index is 0.00464. The molecule has 0 aliphatic carbocycles. The molecule has 24 heavy (non-hydrogen) atoms. The van der Waals surface area contributed by atoms with Crippen LogP contribution in [-0.4, -0.2) is 48.5 Å². The number of rotatable bonds is 4. The number of nitrogens with one attached hydrogen (secondary N) is 1. The molecule has 1 aliphatic heterocycles. The zero-order valence-corrected chi connectivity index (χ0v) is 13.9. The molecular formula is C18H23N5O. The van der Waals surface area contributed by atoms with E-state index in [4.69, 9.17) is 5.73 Å². The first-order chi connectivity index (χ1) is 11.6. The van der Waals surface area contributed by atoms with Crippen LogP contribution in [0.2, 0.25) is 0 Å². The lowest BCUT2D eigenvalue weighted by Crippen LogP contribution is -2.48. The minimum Gasteiger partial charge on any atom is -0.399 e. The molecule has 126 valence electrons. The van der Waals surface area contributed by atoms with Gasteiger partial charge in [-0.3, -0.25) is 9.69 Å². The van der Waals surface area contributed by atoms with Crippen LogP contribution in [0.4, 0.5) is 17.2 Å². The van der Waals surface area contributed by atoms with Crippen LogP contribution in [0, 0.1) is 6.92 Å². The molecule has 2 heterocycles. The normalized spacial score (nSPS) is 15.3. The van der Waals surface area contributed by atoms with Gasteiger partial charge in [0.25, 0.3) is 0 Å². The maximum atomic E-state index is 12.3. The number of nitrogens with zero attached hydrogens (tertiary/aromatic N) is 3. The first-order valence-corrected chi connectivity index (χ1v) is 8.16. The summed E-state index contributed by atoms with van der Waals surface area (Å²) in [7, 11) is 0. The van der Waals surface area contributed by atoms with Gasteiger partial charge in [0.05, 0.1) is 6.54 Å². The third kappa shape index (κ3) is 4.02. The van der Waals surface area contributed by atoms with Crippen molar-refractivity contribution in [2.24, 2.45) is 0 Å². The largest absolute Gasteiger partial charge is 0.399 e. The number of hydrogen-bond donors (Lipinski definition) is 2. The zero-order valence-electron chi connectivity index (χ0n) is 13.9. The van der Waals surface area contributed by atoms with Crippen LogP contribution in [0.5, 0.6) is 0 Å². The number of amides is 1. The first kappa shape index (κ1) is 16.3. The fourth-order valence-corrected chi connectivity index (χ4v) is 2.84. The number of aromatic nitrogens is 1. The standard InChI is InChI=1S/C18H23N5O/c1-14-5-6-15(19)12-16(14)21-18(24)13-22-8-10-23(11-9-22)17-4-2-3-7-20-17/h2-7,12H,8-11,13,19H2,1H3,(H,21,24). The summed E-state index contributed by atoms with van der Waals surface area (Å²) >= 11 is 0. The summed E-state index contributed by atoms with van der Waals surface area (Å²) in [6, 6.07) is 11.5. The number of anilines is 3. The van der Waals surface area contributed by atoms with Gasteiger partial charge in [-0.1, -0.05) is 12.1 Å². The molecule has 6 heteroatoms. The van der Waals surface area contributed by atoms with Gasteiger partial charge in [0.1, 0.15) is 5.82 Å². The molecule has 1 aliphatic rings. The summed E-state index contributed by atoms with van der Waals surface area (Å²) in [5.74, 6) is 0.993. The van der Waals surface area contributed by atoms with Crippen LogP contribution < -0.4 is 16.0 Å². The Bertz CT molecular complexity index is 696. The van der Waals surface area contributed by atoms with Gasteiger partial charge >= 0.3 is 0 Å². The van der Waals surface area contributed by atoms with E-state index in [0.717, 1.165) is 43.2 Å². The van der Waals surface area contributed by atoms with Crippen LogP contribution >= 0.6 is 0 Å². The number of hydrogen-bond acceptors (Lipinski definition) is 5. The fourth-order valence-electron chi connectivity index (χ4n) is 2.84. The van der Waals surface area contributed by atoms with Crippen LogP contribution in [0.1, 0.15) is 5.56 Å². The van der Waals surface area contributed by atoms with E-state index in [9.17, 15) is 4.79 Å². The molecule has 6 nitrogen and oxygen atoms in total. The van der Waals surface area contributed by atoms with E-state index in [-0.39, 0.29) is 5.91 Å². The van der Waals surface area contributed by atoms with Crippen molar-refractivity contribution < 1.29 is 4.79 Å². The number of piperazine rings is 1. The minimum atomic E-state index is -0.00464. The quantitative estimate of drug-likeness (QED) is 0.838. The van der Waals surface area contributed by atoms with Crippen molar-refractivity contribution in [1.82, 2.24) is 9.88 Å². The average molecular weight is 325 g/mol. The molecule has 0 bridgehead atoms. The average Bonchev–Trinajstić information content (AvgIpc) is 2.59.